The first-order chi connectivity index (χ1) is 15.4. The van der Waals surface area contributed by atoms with Crippen molar-refractivity contribution in [2.24, 2.45) is 0 Å². The lowest BCUT2D eigenvalue weighted by Gasteiger charge is -2.05. The van der Waals surface area contributed by atoms with Crippen molar-refractivity contribution in [3.8, 4) is 10.9 Å². The van der Waals surface area contributed by atoms with Gasteiger partial charge in [-0.2, -0.15) is 5.10 Å². The molecule has 32 heavy (non-hydrogen) atoms. The summed E-state index contributed by atoms with van der Waals surface area (Å²) in [7, 11) is 1.61. The number of anilines is 1. The maximum absolute atomic E-state index is 12.8. The number of carbonyl (C=O) groups excluding carboxylic acids is 1. The normalized spacial score (nSPS) is 10.9. The monoisotopic (exact) mass is 466 g/mol. The third-order valence-electron chi connectivity index (χ3n) is 5.26. The van der Waals surface area contributed by atoms with Crippen molar-refractivity contribution in [3.05, 3.63) is 86.6 Å². The molecule has 2 heterocycles. The minimum absolute atomic E-state index is 0.195. The van der Waals surface area contributed by atoms with Gasteiger partial charge in [-0.1, -0.05) is 35.1 Å². The quantitative estimate of drug-likeness (QED) is 0.392. The maximum Gasteiger partial charge on any atom is 0.267 e. The summed E-state index contributed by atoms with van der Waals surface area (Å²) < 4.78 is 6.98. The molecule has 0 aliphatic heterocycles. The molecule has 1 N–H and O–H groups in total. The number of methoxy groups -OCH3 is 1. The van der Waals surface area contributed by atoms with E-state index in [2.05, 4.69) is 10.3 Å². The van der Waals surface area contributed by atoms with Crippen molar-refractivity contribution < 1.29 is 9.53 Å². The molecule has 2 aromatic carbocycles. The van der Waals surface area contributed by atoms with Crippen LogP contribution in [0.25, 0.3) is 5.13 Å². The third-order valence-corrected chi connectivity index (χ3v) is 6.64. The van der Waals surface area contributed by atoms with Crippen LogP contribution >= 0.6 is 22.9 Å². The van der Waals surface area contributed by atoms with Crippen molar-refractivity contribution in [2.45, 2.75) is 27.2 Å². The largest absolute Gasteiger partial charge is 0.497 e. The molecular formula is C24H23ClN4O2S. The van der Waals surface area contributed by atoms with Gasteiger partial charge in [-0.3, -0.25) is 4.79 Å². The van der Waals surface area contributed by atoms with E-state index >= 15 is 0 Å². The summed E-state index contributed by atoms with van der Waals surface area (Å²) in [6, 6.07) is 15.0. The Balaban J connectivity index is 1.57. The Morgan fingerprint density at radius 2 is 1.75 bits per heavy atom. The number of halogens is 1. The van der Waals surface area contributed by atoms with Gasteiger partial charge in [0.05, 0.1) is 18.5 Å². The lowest BCUT2D eigenvalue weighted by molar-refractivity contribution is 0.103. The minimum Gasteiger partial charge on any atom is -0.497 e. The Morgan fingerprint density at radius 3 is 2.41 bits per heavy atom. The lowest BCUT2D eigenvalue weighted by Crippen LogP contribution is -2.11. The molecule has 0 saturated heterocycles. The fraction of sp³-hybridized carbons (Fsp3) is 0.208. The van der Waals surface area contributed by atoms with Crippen LogP contribution in [0.1, 0.15) is 37.9 Å². The SMILES string of the molecule is COc1ccc(NC(=O)c2sc(-n3nc(C)c(Cc4ccc(Cl)cc4)c3C)nc2C)cc1. The molecule has 0 fully saturated rings. The Bertz CT molecular complexity index is 1260. The van der Waals surface area contributed by atoms with Gasteiger partial charge in [0.1, 0.15) is 10.6 Å². The number of ether oxygens (including phenoxy) is 1. The number of nitrogens with zero attached hydrogens (tertiary/aromatic N) is 3. The van der Waals surface area contributed by atoms with Gasteiger partial charge in [0, 0.05) is 28.4 Å². The summed E-state index contributed by atoms with van der Waals surface area (Å²) in [4.78, 5) is 18.0. The highest BCUT2D eigenvalue weighted by molar-refractivity contribution is 7.16. The Morgan fingerprint density at radius 1 is 1.06 bits per heavy atom. The first-order valence-electron chi connectivity index (χ1n) is 10.1. The first-order valence-corrected chi connectivity index (χ1v) is 11.3. The van der Waals surface area contributed by atoms with Crippen LogP contribution in [0.5, 0.6) is 5.75 Å². The molecular weight excluding hydrogens is 444 g/mol. The zero-order valence-corrected chi connectivity index (χ0v) is 19.8. The second-order valence-electron chi connectivity index (χ2n) is 7.46. The molecule has 0 radical (unpaired) electrons. The summed E-state index contributed by atoms with van der Waals surface area (Å²) in [6.45, 7) is 5.86. The van der Waals surface area contributed by atoms with E-state index in [1.807, 2.05) is 49.7 Å². The van der Waals surface area contributed by atoms with Gasteiger partial charge >= 0.3 is 0 Å². The average Bonchev–Trinajstić information content (AvgIpc) is 3.30. The standard InChI is InChI=1S/C24H23ClN4O2S/c1-14-21(13-17-5-7-18(25)8-6-17)16(3)29(28-14)24-26-15(2)22(32-24)23(30)27-19-9-11-20(31-4)12-10-19/h5-12H,13H2,1-4H3,(H,27,30). The van der Waals surface area contributed by atoms with Crippen molar-refractivity contribution in [2.75, 3.05) is 12.4 Å². The van der Waals surface area contributed by atoms with Crippen LogP contribution in [0.2, 0.25) is 5.02 Å². The van der Waals surface area contributed by atoms with E-state index in [0.717, 1.165) is 39.7 Å². The number of thiazole rings is 1. The van der Waals surface area contributed by atoms with Gasteiger partial charge in [-0.05, 0) is 62.7 Å². The molecule has 0 spiro atoms. The van der Waals surface area contributed by atoms with Gasteiger partial charge in [0.2, 0.25) is 5.13 Å². The van der Waals surface area contributed by atoms with Gasteiger partial charge in [0.15, 0.2) is 0 Å². The fourth-order valence-corrected chi connectivity index (χ4v) is 4.56. The molecule has 164 valence electrons. The van der Waals surface area contributed by atoms with Gasteiger partial charge < -0.3 is 10.1 Å². The Kier molecular flexibility index (Phi) is 6.30. The number of carbonyl (C=O) groups is 1. The second kappa shape index (κ2) is 9.14. The van der Waals surface area contributed by atoms with E-state index in [0.29, 0.717) is 21.4 Å². The lowest BCUT2D eigenvalue weighted by atomic mass is 10.0. The number of hydrogen-bond acceptors (Lipinski definition) is 5. The zero-order chi connectivity index (χ0) is 22.8. The summed E-state index contributed by atoms with van der Waals surface area (Å²) in [5, 5.41) is 9.01. The van der Waals surface area contributed by atoms with Crippen LogP contribution in [-0.2, 0) is 6.42 Å². The van der Waals surface area contributed by atoms with E-state index in [1.54, 1.807) is 31.4 Å². The zero-order valence-electron chi connectivity index (χ0n) is 18.3. The topological polar surface area (TPSA) is 69.0 Å². The molecule has 0 atom stereocenters. The highest BCUT2D eigenvalue weighted by Gasteiger charge is 2.20. The van der Waals surface area contributed by atoms with Crippen LogP contribution in [0.4, 0.5) is 5.69 Å². The average molecular weight is 467 g/mol. The number of aromatic nitrogens is 3. The van der Waals surface area contributed by atoms with Crippen LogP contribution in [0, 0.1) is 20.8 Å². The number of amides is 1. The fourth-order valence-electron chi connectivity index (χ4n) is 3.47. The van der Waals surface area contributed by atoms with E-state index in [-0.39, 0.29) is 5.91 Å². The van der Waals surface area contributed by atoms with Crippen LogP contribution in [-0.4, -0.2) is 27.8 Å². The van der Waals surface area contributed by atoms with E-state index in [4.69, 9.17) is 21.4 Å². The Hall–Kier alpha value is -3.16. The Labute approximate surface area is 195 Å². The molecule has 0 aliphatic rings. The predicted octanol–water partition coefficient (Wildman–Crippen LogP) is 5.76. The predicted molar refractivity (Wildman–Crippen MR) is 129 cm³/mol. The van der Waals surface area contributed by atoms with Gasteiger partial charge in [-0.25, -0.2) is 9.67 Å². The molecule has 0 bridgehead atoms. The number of benzene rings is 2. The van der Waals surface area contributed by atoms with Crippen LogP contribution < -0.4 is 10.1 Å². The molecule has 8 heteroatoms. The third kappa shape index (κ3) is 4.54. The van der Waals surface area contributed by atoms with Gasteiger partial charge in [-0.15, -0.1) is 0 Å². The van der Waals surface area contributed by atoms with E-state index in [9.17, 15) is 4.79 Å². The first kappa shape index (κ1) is 22.0. The van der Waals surface area contributed by atoms with Crippen molar-refractivity contribution >= 4 is 34.5 Å². The van der Waals surface area contributed by atoms with Crippen LogP contribution in [0.3, 0.4) is 0 Å². The summed E-state index contributed by atoms with van der Waals surface area (Å²) >= 11 is 7.33. The molecule has 0 unspecified atom stereocenters. The highest BCUT2D eigenvalue weighted by atomic mass is 35.5. The van der Waals surface area contributed by atoms with Crippen molar-refractivity contribution in [3.63, 3.8) is 0 Å². The van der Waals surface area contributed by atoms with E-state index in [1.165, 1.54) is 11.3 Å². The number of aryl methyl sites for hydroxylation is 2. The minimum atomic E-state index is -0.195. The molecule has 4 aromatic rings. The molecule has 1 amide bonds. The molecule has 0 saturated carbocycles. The van der Waals surface area contributed by atoms with Crippen LogP contribution in [0.15, 0.2) is 48.5 Å². The van der Waals surface area contributed by atoms with Crippen molar-refractivity contribution in [1.29, 1.82) is 0 Å². The number of rotatable bonds is 6. The maximum atomic E-state index is 12.8. The second-order valence-corrected chi connectivity index (χ2v) is 8.87. The van der Waals surface area contributed by atoms with E-state index < -0.39 is 0 Å². The van der Waals surface area contributed by atoms with Gasteiger partial charge in [0.25, 0.3) is 5.91 Å². The highest BCUT2D eigenvalue weighted by Crippen LogP contribution is 2.27. The smallest absolute Gasteiger partial charge is 0.267 e. The molecule has 4 rings (SSSR count). The van der Waals surface area contributed by atoms with Crippen molar-refractivity contribution in [1.82, 2.24) is 14.8 Å². The number of hydrogen-bond donors (Lipinski definition) is 1. The molecule has 0 aliphatic carbocycles. The summed E-state index contributed by atoms with van der Waals surface area (Å²) in [5.41, 5.74) is 5.62. The summed E-state index contributed by atoms with van der Waals surface area (Å²) in [5.74, 6) is 0.539. The number of nitrogens with one attached hydrogen (secondary N) is 1. The molecule has 6 nitrogen and oxygen atoms in total. The molecule has 2 aromatic heterocycles. The summed E-state index contributed by atoms with van der Waals surface area (Å²) in [6.07, 6.45) is 0.754.